The number of aromatic nitrogens is 2. The second kappa shape index (κ2) is 8.90. The molecule has 158 valence electrons. The minimum Gasteiger partial charge on any atom is -0.360 e. The molecule has 10 heteroatoms. The van der Waals surface area contributed by atoms with Gasteiger partial charge >= 0.3 is 0 Å². The number of benzene rings is 1. The van der Waals surface area contributed by atoms with Crippen LogP contribution in [0.25, 0.3) is 10.2 Å². The van der Waals surface area contributed by atoms with E-state index in [1.807, 2.05) is 31.2 Å². The van der Waals surface area contributed by atoms with Crippen LogP contribution in [0, 0.1) is 6.92 Å². The molecule has 1 aliphatic heterocycles. The lowest BCUT2D eigenvalue weighted by Crippen LogP contribution is -2.53. The predicted molar refractivity (Wildman–Crippen MR) is 116 cm³/mol. The Balaban J connectivity index is 1.24. The SMILES string of the molecule is Cc1cc(NC(=O)CN2CCN(C(C)C(=O)Nc3nc4ccccc4s3)CC2)no1. The number of hydrogen-bond acceptors (Lipinski definition) is 8. The first-order valence-electron chi connectivity index (χ1n) is 9.84. The van der Waals surface area contributed by atoms with E-state index in [2.05, 4.69) is 30.6 Å². The first-order chi connectivity index (χ1) is 14.5. The summed E-state index contributed by atoms with van der Waals surface area (Å²) in [5, 5.41) is 10.1. The maximum Gasteiger partial charge on any atom is 0.243 e. The molecule has 1 aromatic carbocycles. The second-order valence-electron chi connectivity index (χ2n) is 7.34. The number of thiazole rings is 1. The minimum absolute atomic E-state index is 0.0679. The number of carbonyl (C=O) groups excluding carboxylic acids is 2. The van der Waals surface area contributed by atoms with E-state index < -0.39 is 0 Å². The zero-order valence-corrected chi connectivity index (χ0v) is 17.7. The third-order valence-electron chi connectivity index (χ3n) is 5.12. The molecule has 1 saturated heterocycles. The fraction of sp³-hybridized carbons (Fsp3) is 0.400. The average molecular weight is 429 g/mol. The van der Waals surface area contributed by atoms with Gasteiger partial charge in [0, 0.05) is 32.2 Å². The van der Waals surface area contributed by atoms with E-state index in [-0.39, 0.29) is 24.4 Å². The first-order valence-corrected chi connectivity index (χ1v) is 10.7. The van der Waals surface area contributed by atoms with Crippen LogP contribution >= 0.6 is 11.3 Å². The molecule has 30 heavy (non-hydrogen) atoms. The number of carbonyl (C=O) groups is 2. The summed E-state index contributed by atoms with van der Waals surface area (Å²) in [5.41, 5.74) is 0.887. The third kappa shape index (κ3) is 4.84. The predicted octanol–water partition coefficient (Wildman–Crippen LogP) is 2.18. The van der Waals surface area contributed by atoms with E-state index in [9.17, 15) is 9.59 Å². The van der Waals surface area contributed by atoms with Gasteiger partial charge in [0.25, 0.3) is 0 Å². The standard InChI is InChI=1S/C20H24N6O3S/c1-13-11-17(24-29-13)22-18(27)12-25-7-9-26(10-8-25)14(2)19(28)23-20-21-15-5-3-4-6-16(15)30-20/h3-6,11,14H,7-10,12H2,1-2H3,(H,21,23,28)(H,22,24,27). The molecule has 0 spiro atoms. The van der Waals surface area contributed by atoms with Crippen LogP contribution in [-0.4, -0.2) is 70.5 Å². The Morgan fingerprint density at radius 1 is 1.20 bits per heavy atom. The first kappa shape index (κ1) is 20.5. The summed E-state index contributed by atoms with van der Waals surface area (Å²) in [4.78, 5) is 33.5. The van der Waals surface area contributed by atoms with Crippen LogP contribution in [0.5, 0.6) is 0 Å². The summed E-state index contributed by atoms with van der Waals surface area (Å²) in [7, 11) is 0. The largest absolute Gasteiger partial charge is 0.360 e. The number of anilines is 2. The van der Waals surface area contributed by atoms with Crippen molar-refractivity contribution in [2.45, 2.75) is 19.9 Å². The van der Waals surface area contributed by atoms with Gasteiger partial charge < -0.3 is 15.2 Å². The monoisotopic (exact) mass is 428 g/mol. The van der Waals surface area contributed by atoms with Crippen molar-refractivity contribution in [2.24, 2.45) is 0 Å². The molecular formula is C20H24N6O3S. The van der Waals surface area contributed by atoms with E-state index in [0.29, 0.717) is 42.9 Å². The number of nitrogens with one attached hydrogen (secondary N) is 2. The van der Waals surface area contributed by atoms with Crippen molar-refractivity contribution in [2.75, 3.05) is 43.4 Å². The van der Waals surface area contributed by atoms with Crippen LogP contribution in [-0.2, 0) is 9.59 Å². The molecule has 1 aliphatic rings. The molecule has 9 nitrogen and oxygen atoms in total. The average Bonchev–Trinajstić information content (AvgIpc) is 3.32. The molecule has 0 aliphatic carbocycles. The van der Waals surface area contributed by atoms with Gasteiger partial charge in [-0.25, -0.2) is 4.98 Å². The highest BCUT2D eigenvalue weighted by atomic mass is 32.1. The molecule has 1 unspecified atom stereocenters. The molecule has 1 atom stereocenters. The molecule has 4 rings (SSSR count). The molecular weight excluding hydrogens is 404 g/mol. The summed E-state index contributed by atoms with van der Waals surface area (Å²) in [5.74, 6) is 0.883. The van der Waals surface area contributed by atoms with Gasteiger partial charge in [0.1, 0.15) is 5.76 Å². The van der Waals surface area contributed by atoms with Crippen LogP contribution < -0.4 is 10.6 Å². The van der Waals surface area contributed by atoms with Gasteiger partial charge in [-0.05, 0) is 26.0 Å². The van der Waals surface area contributed by atoms with E-state index in [0.717, 1.165) is 10.2 Å². The van der Waals surface area contributed by atoms with Gasteiger partial charge in [-0.1, -0.05) is 28.6 Å². The number of fused-ring (bicyclic) bond motifs is 1. The highest BCUT2D eigenvalue weighted by Gasteiger charge is 2.27. The summed E-state index contributed by atoms with van der Waals surface area (Å²) in [6.45, 7) is 6.81. The fourth-order valence-electron chi connectivity index (χ4n) is 3.42. The van der Waals surface area contributed by atoms with Crippen LogP contribution in [0.1, 0.15) is 12.7 Å². The lowest BCUT2D eigenvalue weighted by Gasteiger charge is -2.36. The summed E-state index contributed by atoms with van der Waals surface area (Å²) < 4.78 is 6.00. The van der Waals surface area contributed by atoms with Crippen molar-refractivity contribution in [1.82, 2.24) is 19.9 Å². The Morgan fingerprint density at radius 3 is 2.67 bits per heavy atom. The Hall–Kier alpha value is -2.82. The maximum atomic E-state index is 12.7. The van der Waals surface area contributed by atoms with Gasteiger partial charge in [0.05, 0.1) is 22.8 Å². The molecule has 3 heterocycles. The fourth-order valence-corrected chi connectivity index (χ4v) is 4.29. The van der Waals surface area contributed by atoms with Crippen molar-refractivity contribution in [3.8, 4) is 0 Å². The molecule has 0 radical (unpaired) electrons. The quantitative estimate of drug-likeness (QED) is 0.620. The highest BCUT2D eigenvalue weighted by molar-refractivity contribution is 7.22. The molecule has 2 aromatic heterocycles. The smallest absolute Gasteiger partial charge is 0.243 e. The number of nitrogens with zero attached hydrogens (tertiary/aromatic N) is 4. The molecule has 2 amide bonds. The summed E-state index contributed by atoms with van der Waals surface area (Å²) in [6.07, 6.45) is 0. The van der Waals surface area contributed by atoms with Crippen LogP contribution in [0.4, 0.5) is 10.9 Å². The van der Waals surface area contributed by atoms with E-state index in [1.165, 1.54) is 11.3 Å². The van der Waals surface area contributed by atoms with Crippen molar-refractivity contribution in [3.05, 3.63) is 36.1 Å². The number of hydrogen-bond donors (Lipinski definition) is 2. The summed E-state index contributed by atoms with van der Waals surface area (Å²) >= 11 is 1.47. The van der Waals surface area contributed by atoms with Crippen molar-refractivity contribution in [3.63, 3.8) is 0 Å². The van der Waals surface area contributed by atoms with Gasteiger partial charge in [0.2, 0.25) is 11.8 Å². The minimum atomic E-state index is -0.272. The highest BCUT2D eigenvalue weighted by Crippen LogP contribution is 2.25. The van der Waals surface area contributed by atoms with Gasteiger partial charge in [-0.15, -0.1) is 0 Å². The maximum absolute atomic E-state index is 12.7. The van der Waals surface area contributed by atoms with Crippen LogP contribution in [0.3, 0.4) is 0 Å². The number of para-hydroxylation sites is 1. The number of piperazine rings is 1. The van der Waals surface area contributed by atoms with E-state index in [4.69, 9.17) is 4.52 Å². The lowest BCUT2D eigenvalue weighted by molar-refractivity contribution is -0.122. The lowest BCUT2D eigenvalue weighted by atomic mass is 10.2. The summed E-state index contributed by atoms with van der Waals surface area (Å²) in [6, 6.07) is 9.23. The molecule has 2 N–H and O–H groups in total. The molecule has 0 saturated carbocycles. The van der Waals surface area contributed by atoms with Gasteiger partial charge in [0.15, 0.2) is 10.9 Å². The second-order valence-corrected chi connectivity index (χ2v) is 8.37. The van der Waals surface area contributed by atoms with Gasteiger partial charge in [-0.2, -0.15) is 0 Å². The van der Waals surface area contributed by atoms with Crippen LogP contribution in [0.2, 0.25) is 0 Å². The Kier molecular flexibility index (Phi) is 6.07. The van der Waals surface area contributed by atoms with E-state index in [1.54, 1.807) is 13.0 Å². The third-order valence-corrected chi connectivity index (χ3v) is 6.07. The van der Waals surface area contributed by atoms with Crippen molar-refractivity contribution >= 4 is 44.3 Å². The number of amides is 2. The number of aryl methyl sites for hydroxylation is 1. The normalized spacial score (nSPS) is 16.5. The van der Waals surface area contributed by atoms with Gasteiger partial charge in [-0.3, -0.25) is 19.4 Å². The van der Waals surface area contributed by atoms with Crippen LogP contribution in [0.15, 0.2) is 34.9 Å². The molecule has 3 aromatic rings. The Labute approximate surface area is 178 Å². The van der Waals surface area contributed by atoms with Crippen molar-refractivity contribution < 1.29 is 14.1 Å². The Morgan fingerprint density at radius 2 is 1.97 bits per heavy atom. The molecule has 1 fully saturated rings. The molecule has 0 bridgehead atoms. The van der Waals surface area contributed by atoms with Crippen molar-refractivity contribution in [1.29, 1.82) is 0 Å². The van der Waals surface area contributed by atoms with E-state index >= 15 is 0 Å². The zero-order valence-electron chi connectivity index (χ0n) is 16.9. The zero-order chi connectivity index (χ0) is 21.1. The Bertz CT molecular complexity index is 1010. The number of rotatable bonds is 6. The topological polar surface area (TPSA) is 104 Å².